The molecule has 0 heterocycles. The van der Waals surface area contributed by atoms with E-state index in [1.807, 2.05) is 13.8 Å². The van der Waals surface area contributed by atoms with Gasteiger partial charge in [-0.3, -0.25) is 9.59 Å². The van der Waals surface area contributed by atoms with Gasteiger partial charge in [-0.1, -0.05) is 6.42 Å². The molecular weight excluding hydrogens is 216 g/mol. The minimum absolute atomic E-state index is 0.0797. The molecule has 0 radical (unpaired) electrons. The summed E-state index contributed by atoms with van der Waals surface area (Å²) in [5, 5.41) is 5.53. The van der Waals surface area contributed by atoms with Crippen LogP contribution in [0.15, 0.2) is 0 Å². The lowest BCUT2D eigenvalue weighted by Gasteiger charge is -2.20. The summed E-state index contributed by atoms with van der Waals surface area (Å²) in [6.45, 7) is 3.94. The lowest BCUT2D eigenvalue weighted by atomic mass is 9.88. The number of carbonyl (C=O) groups excluding carboxylic acids is 2. The molecular formula is C13H22N2O2. The summed E-state index contributed by atoms with van der Waals surface area (Å²) in [5.41, 5.74) is 0. The van der Waals surface area contributed by atoms with Crippen molar-refractivity contribution in [2.45, 2.75) is 45.6 Å². The zero-order valence-electron chi connectivity index (χ0n) is 10.7. The van der Waals surface area contributed by atoms with E-state index >= 15 is 0 Å². The van der Waals surface area contributed by atoms with E-state index in [0.29, 0.717) is 5.92 Å². The minimum atomic E-state index is -0.100. The molecule has 0 saturated heterocycles. The van der Waals surface area contributed by atoms with Crippen LogP contribution >= 0.6 is 0 Å². The minimum Gasteiger partial charge on any atom is -0.352 e. The molecule has 2 aliphatic rings. The summed E-state index contributed by atoms with van der Waals surface area (Å²) >= 11 is 0. The molecule has 3 atom stereocenters. The third-order valence-corrected chi connectivity index (χ3v) is 3.95. The number of carbonyl (C=O) groups is 2. The molecule has 2 N–H and O–H groups in total. The maximum absolute atomic E-state index is 11.9. The monoisotopic (exact) mass is 238 g/mol. The van der Waals surface area contributed by atoms with Gasteiger partial charge < -0.3 is 10.6 Å². The van der Waals surface area contributed by atoms with Crippen molar-refractivity contribution in [3.05, 3.63) is 0 Å². The van der Waals surface area contributed by atoms with Gasteiger partial charge in [0.2, 0.25) is 11.8 Å². The normalized spacial score (nSPS) is 30.6. The largest absolute Gasteiger partial charge is 0.352 e. The van der Waals surface area contributed by atoms with Crippen LogP contribution in [0.3, 0.4) is 0 Å². The highest BCUT2D eigenvalue weighted by atomic mass is 16.2. The Kier molecular flexibility index (Phi) is 3.69. The highest BCUT2D eigenvalue weighted by Crippen LogP contribution is 2.48. The smallest absolute Gasteiger partial charge is 0.239 e. The molecule has 0 aliphatic heterocycles. The van der Waals surface area contributed by atoms with Gasteiger partial charge in [0.25, 0.3) is 0 Å². The maximum atomic E-state index is 11.9. The Balaban J connectivity index is 1.73. The van der Waals surface area contributed by atoms with E-state index in [1.54, 1.807) is 0 Å². The number of hydrogen-bond donors (Lipinski definition) is 2. The van der Waals surface area contributed by atoms with Crippen LogP contribution in [0, 0.1) is 17.8 Å². The highest BCUT2D eigenvalue weighted by molar-refractivity contribution is 5.86. The average molecular weight is 238 g/mol. The molecule has 4 heteroatoms. The van der Waals surface area contributed by atoms with Crippen LogP contribution in [-0.4, -0.2) is 24.4 Å². The van der Waals surface area contributed by atoms with Gasteiger partial charge in [0.05, 0.1) is 6.54 Å². The van der Waals surface area contributed by atoms with Crippen LogP contribution in [0.25, 0.3) is 0 Å². The van der Waals surface area contributed by atoms with E-state index < -0.39 is 0 Å². The first kappa shape index (κ1) is 12.4. The van der Waals surface area contributed by atoms with E-state index in [-0.39, 0.29) is 30.3 Å². The number of nitrogens with one attached hydrogen (secondary N) is 2. The van der Waals surface area contributed by atoms with Gasteiger partial charge in [-0.2, -0.15) is 0 Å². The highest BCUT2D eigenvalue weighted by Gasteiger charge is 2.42. The zero-order valence-corrected chi connectivity index (χ0v) is 10.7. The van der Waals surface area contributed by atoms with E-state index in [9.17, 15) is 9.59 Å². The van der Waals surface area contributed by atoms with Crippen molar-refractivity contribution < 1.29 is 9.59 Å². The third kappa shape index (κ3) is 2.99. The topological polar surface area (TPSA) is 58.2 Å². The summed E-state index contributed by atoms with van der Waals surface area (Å²) in [7, 11) is 0. The lowest BCUT2D eigenvalue weighted by Crippen LogP contribution is -2.42. The predicted octanol–water partition coefficient (Wildman–Crippen LogP) is 1.06. The first-order chi connectivity index (χ1) is 8.06. The second-order valence-electron chi connectivity index (χ2n) is 5.72. The molecule has 2 saturated carbocycles. The first-order valence-electron chi connectivity index (χ1n) is 6.63. The van der Waals surface area contributed by atoms with Crippen LogP contribution in [-0.2, 0) is 9.59 Å². The maximum Gasteiger partial charge on any atom is 0.239 e. The van der Waals surface area contributed by atoms with E-state index in [4.69, 9.17) is 0 Å². The second-order valence-corrected chi connectivity index (χ2v) is 5.72. The molecule has 2 fully saturated rings. The first-order valence-corrected chi connectivity index (χ1v) is 6.63. The summed E-state index contributed by atoms with van der Waals surface area (Å²) in [6, 6.07) is 0.127. The Labute approximate surface area is 103 Å². The van der Waals surface area contributed by atoms with E-state index in [1.165, 1.54) is 19.3 Å². The molecule has 4 nitrogen and oxygen atoms in total. The van der Waals surface area contributed by atoms with E-state index in [0.717, 1.165) is 12.3 Å². The van der Waals surface area contributed by atoms with Crippen molar-refractivity contribution in [1.82, 2.24) is 10.6 Å². The van der Waals surface area contributed by atoms with Crippen molar-refractivity contribution in [2.75, 3.05) is 6.54 Å². The predicted molar refractivity (Wildman–Crippen MR) is 65.2 cm³/mol. The van der Waals surface area contributed by atoms with Crippen LogP contribution in [0.5, 0.6) is 0 Å². The SMILES string of the molecule is CC(C)NC(=O)CNC(=O)C1CC2CCC1C2. The van der Waals surface area contributed by atoms with Crippen LogP contribution < -0.4 is 10.6 Å². The molecule has 3 unspecified atom stereocenters. The summed E-state index contributed by atoms with van der Waals surface area (Å²) < 4.78 is 0. The third-order valence-electron chi connectivity index (χ3n) is 3.95. The molecule has 0 aromatic rings. The van der Waals surface area contributed by atoms with Crippen molar-refractivity contribution in [2.24, 2.45) is 17.8 Å². The fourth-order valence-electron chi connectivity index (χ4n) is 3.24. The quantitative estimate of drug-likeness (QED) is 0.769. The molecule has 96 valence electrons. The standard InChI is InChI=1S/C13H22N2O2/c1-8(2)15-12(16)7-14-13(17)11-6-9-3-4-10(11)5-9/h8-11H,3-7H2,1-2H3,(H,14,17)(H,15,16). The van der Waals surface area contributed by atoms with Gasteiger partial charge >= 0.3 is 0 Å². The van der Waals surface area contributed by atoms with Gasteiger partial charge in [0, 0.05) is 12.0 Å². The Morgan fingerprint density at radius 1 is 1.24 bits per heavy atom. The number of fused-ring (bicyclic) bond motifs is 2. The number of rotatable bonds is 4. The van der Waals surface area contributed by atoms with Crippen molar-refractivity contribution in [3.63, 3.8) is 0 Å². The second kappa shape index (κ2) is 5.07. The van der Waals surface area contributed by atoms with Gasteiger partial charge in [-0.25, -0.2) is 0 Å². The van der Waals surface area contributed by atoms with Crippen molar-refractivity contribution >= 4 is 11.8 Å². The van der Waals surface area contributed by atoms with Gasteiger partial charge in [-0.15, -0.1) is 0 Å². The summed E-state index contributed by atoms with van der Waals surface area (Å²) in [5.74, 6) is 1.49. The average Bonchev–Trinajstić information content (AvgIpc) is 2.86. The Morgan fingerprint density at radius 2 is 2.00 bits per heavy atom. The Morgan fingerprint density at radius 3 is 2.53 bits per heavy atom. The summed E-state index contributed by atoms with van der Waals surface area (Å²) in [4.78, 5) is 23.3. The van der Waals surface area contributed by atoms with Crippen LogP contribution in [0.2, 0.25) is 0 Å². The molecule has 0 aromatic carbocycles. The molecule has 2 amide bonds. The molecule has 2 bridgehead atoms. The van der Waals surface area contributed by atoms with E-state index in [2.05, 4.69) is 10.6 Å². The Bertz CT molecular complexity index is 315. The molecule has 0 aromatic heterocycles. The number of hydrogen-bond acceptors (Lipinski definition) is 2. The number of amides is 2. The lowest BCUT2D eigenvalue weighted by molar-refractivity contribution is -0.129. The zero-order chi connectivity index (χ0) is 12.4. The Hall–Kier alpha value is -1.06. The molecule has 0 spiro atoms. The molecule has 2 rings (SSSR count). The van der Waals surface area contributed by atoms with Crippen molar-refractivity contribution in [1.29, 1.82) is 0 Å². The van der Waals surface area contributed by atoms with Gasteiger partial charge in [-0.05, 0) is 44.9 Å². The van der Waals surface area contributed by atoms with Gasteiger partial charge in [0.1, 0.15) is 0 Å². The molecule has 17 heavy (non-hydrogen) atoms. The van der Waals surface area contributed by atoms with Crippen LogP contribution in [0.4, 0.5) is 0 Å². The van der Waals surface area contributed by atoms with Crippen molar-refractivity contribution in [3.8, 4) is 0 Å². The summed E-state index contributed by atoms with van der Waals surface area (Å²) in [6.07, 6.45) is 4.74. The van der Waals surface area contributed by atoms with Gasteiger partial charge in [0.15, 0.2) is 0 Å². The van der Waals surface area contributed by atoms with Crippen LogP contribution in [0.1, 0.15) is 39.5 Å². The fraction of sp³-hybridized carbons (Fsp3) is 0.846. The fourth-order valence-corrected chi connectivity index (χ4v) is 3.24. The molecule has 2 aliphatic carbocycles.